The molecule has 27 heavy (non-hydrogen) atoms. The number of nitrogens with one attached hydrogen (secondary N) is 2. The van der Waals surface area contributed by atoms with Crippen LogP contribution in [0.4, 0.5) is 5.69 Å². The smallest absolute Gasteiger partial charge is 0.251 e. The summed E-state index contributed by atoms with van der Waals surface area (Å²) in [6, 6.07) is 17.0. The van der Waals surface area contributed by atoms with Gasteiger partial charge in [0, 0.05) is 45.1 Å². The van der Waals surface area contributed by atoms with Gasteiger partial charge in [-0.3, -0.25) is 9.59 Å². The number of carbonyl (C=O) groups is 2. The van der Waals surface area contributed by atoms with E-state index in [9.17, 15) is 9.59 Å². The van der Waals surface area contributed by atoms with E-state index >= 15 is 0 Å². The van der Waals surface area contributed by atoms with Crippen molar-refractivity contribution in [2.24, 2.45) is 0 Å². The van der Waals surface area contributed by atoms with E-state index in [0.29, 0.717) is 25.3 Å². The quantitative estimate of drug-likeness (QED) is 0.632. The summed E-state index contributed by atoms with van der Waals surface area (Å²) >= 11 is 0. The van der Waals surface area contributed by atoms with Crippen LogP contribution in [0.3, 0.4) is 0 Å². The number of hydrogen-bond acceptors (Lipinski definition) is 4. The summed E-state index contributed by atoms with van der Waals surface area (Å²) in [4.78, 5) is 26.1. The molecule has 0 saturated heterocycles. The lowest BCUT2D eigenvalue weighted by Gasteiger charge is -2.18. The predicted octanol–water partition coefficient (Wildman–Crippen LogP) is 2.52. The van der Waals surface area contributed by atoms with Crippen LogP contribution in [0.5, 0.6) is 0 Å². The molecule has 0 spiro atoms. The topological polar surface area (TPSA) is 70.7 Å². The molecule has 0 fully saturated rings. The van der Waals surface area contributed by atoms with Crippen molar-refractivity contribution in [3.63, 3.8) is 0 Å². The Balaban J connectivity index is 1.83. The molecule has 2 N–H and O–H groups in total. The molecular weight excluding hydrogens is 342 g/mol. The zero-order chi connectivity index (χ0) is 19.5. The highest BCUT2D eigenvalue weighted by molar-refractivity contribution is 5.95. The summed E-state index contributed by atoms with van der Waals surface area (Å²) in [5, 5.41) is 5.94. The monoisotopic (exact) mass is 369 g/mol. The molecule has 2 amide bonds. The van der Waals surface area contributed by atoms with Crippen LogP contribution < -0.4 is 10.6 Å². The van der Waals surface area contributed by atoms with Crippen molar-refractivity contribution in [3.05, 3.63) is 65.7 Å². The molecule has 0 aromatic heterocycles. The summed E-state index contributed by atoms with van der Waals surface area (Å²) in [6.45, 7) is 1.90. The molecule has 0 aliphatic carbocycles. The lowest BCUT2D eigenvalue weighted by molar-refractivity contribution is -0.128. The zero-order valence-corrected chi connectivity index (χ0v) is 15.9. The predicted molar refractivity (Wildman–Crippen MR) is 107 cm³/mol. The fourth-order valence-corrected chi connectivity index (χ4v) is 2.55. The van der Waals surface area contributed by atoms with E-state index in [-0.39, 0.29) is 18.4 Å². The number of ether oxygens (including phenoxy) is 1. The molecule has 0 radical (unpaired) electrons. The summed E-state index contributed by atoms with van der Waals surface area (Å²) in [7, 11) is 3.41. The van der Waals surface area contributed by atoms with Crippen LogP contribution in [0, 0.1) is 0 Å². The normalized spacial score (nSPS) is 10.3. The first-order chi connectivity index (χ1) is 13.1. The average Bonchev–Trinajstić information content (AvgIpc) is 2.70. The number of carbonyl (C=O) groups excluding carboxylic acids is 2. The van der Waals surface area contributed by atoms with Crippen LogP contribution in [0.1, 0.15) is 22.3 Å². The first-order valence-electron chi connectivity index (χ1n) is 8.99. The third-order valence-electron chi connectivity index (χ3n) is 4.07. The highest BCUT2D eigenvalue weighted by atomic mass is 16.5. The second-order valence-electron chi connectivity index (χ2n) is 6.27. The van der Waals surface area contributed by atoms with Crippen LogP contribution in [-0.4, -0.2) is 50.6 Å². The molecule has 6 heteroatoms. The van der Waals surface area contributed by atoms with Gasteiger partial charge in [0.25, 0.3) is 5.91 Å². The molecule has 144 valence electrons. The standard InChI is InChI=1S/C21H27N3O3/c1-24(16-17-8-4-3-5-9-17)20(25)15-23-19-11-6-10-18(14-19)21(26)22-12-7-13-27-2/h3-6,8-11,14,23H,7,12-13,15-16H2,1-2H3,(H,22,26). The van der Waals surface area contributed by atoms with Gasteiger partial charge in [0.15, 0.2) is 0 Å². The number of likely N-dealkylation sites (N-methyl/N-ethyl adjacent to an activating group) is 1. The first kappa shape index (κ1) is 20.5. The molecule has 2 rings (SSSR count). The minimum Gasteiger partial charge on any atom is -0.385 e. The third kappa shape index (κ3) is 7.11. The van der Waals surface area contributed by atoms with Gasteiger partial charge in [-0.25, -0.2) is 0 Å². The van der Waals surface area contributed by atoms with Crippen molar-refractivity contribution in [3.8, 4) is 0 Å². The number of amides is 2. The number of methoxy groups -OCH3 is 1. The fraction of sp³-hybridized carbons (Fsp3) is 0.333. The van der Waals surface area contributed by atoms with Crippen molar-refractivity contribution in [2.45, 2.75) is 13.0 Å². The molecule has 0 aliphatic heterocycles. The Morgan fingerprint density at radius 3 is 2.59 bits per heavy atom. The maximum atomic E-state index is 12.3. The number of nitrogens with zero attached hydrogens (tertiary/aromatic N) is 1. The lowest BCUT2D eigenvalue weighted by atomic mass is 10.2. The van der Waals surface area contributed by atoms with Crippen molar-refractivity contribution < 1.29 is 14.3 Å². The van der Waals surface area contributed by atoms with E-state index in [1.54, 1.807) is 37.3 Å². The van der Waals surface area contributed by atoms with Crippen LogP contribution in [0.15, 0.2) is 54.6 Å². The van der Waals surface area contributed by atoms with E-state index in [1.165, 1.54) is 0 Å². The third-order valence-corrected chi connectivity index (χ3v) is 4.07. The molecule has 2 aromatic carbocycles. The molecule has 0 unspecified atom stereocenters. The maximum absolute atomic E-state index is 12.3. The van der Waals surface area contributed by atoms with Gasteiger partial charge < -0.3 is 20.3 Å². The minimum atomic E-state index is -0.137. The Morgan fingerprint density at radius 2 is 1.85 bits per heavy atom. The van der Waals surface area contributed by atoms with Gasteiger partial charge in [0.1, 0.15) is 0 Å². The Morgan fingerprint density at radius 1 is 1.07 bits per heavy atom. The Kier molecular flexibility index (Phi) is 8.32. The van der Waals surface area contributed by atoms with Crippen molar-refractivity contribution in [1.29, 1.82) is 0 Å². The van der Waals surface area contributed by atoms with Crippen molar-refractivity contribution >= 4 is 17.5 Å². The number of benzene rings is 2. The van der Waals surface area contributed by atoms with Gasteiger partial charge >= 0.3 is 0 Å². The van der Waals surface area contributed by atoms with Gasteiger partial charge in [-0.2, -0.15) is 0 Å². The highest BCUT2D eigenvalue weighted by Crippen LogP contribution is 2.11. The van der Waals surface area contributed by atoms with Crippen LogP contribution in [-0.2, 0) is 16.1 Å². The van der Waals surface area contributed by atoms with Crippen LogP contribution in [0.25, 0.3) is 0 Å². The molecule has 0 saturated carbocycles. The van der Waals surface area contributed by atoms with Gasteiger partial charge in [-0.1, -0.05) is 36.4 Å². The van der Waals surface area contributed by atoms with Crippen LogP contribution in [0.2, 0.25) is 0 Å². The second-order valence-corrected chi connectivity index (χ2v) is 6.27. The van der Waals surface area contributed by atoms with E-state index in [1.807, 2.05) is 36.4 Å². The van der Waals surface area contributed by atoms with Crippen molar-refractivity contribution in [2.75, 3.05) is 39.2 Å². The van der Waals surface area contributed by atoms with E-state index in [2.05, 4.69) is 10.6 Å². The largest absolute Gasteiger partial charge is 0.385 e. The van der Waals surface area contributed by atoms with Gasteiger partial charge in [0.2, 0.25) is 5.91 Å². The number of rotatable bonds is 10. The Bertz CT molecular complexity index is 734. The maximum Gasteiger partial charge on any atom is 0.251 e. The molecule has 0 heterocycles. The second kappa shape index (κ2) is 11.0. The van der Waals surface area contributed by atoms with Gasteiger partial charge in [-0.05, 0) is 30.2 Å². The van der Waals surface area contributed by atoms with Crippen LogP contribution >= 0.6 is 0 Å². The molecule has 6 nitrogen and oxygen atoms in total. The Hall–Kier alpha value is -2.86. The molecular formula is C21H27N3O3. The molecule has 0 atom stereocenters. The van der Waals surface area contributed by atoms with E-state index < -0.39 is 0 Å². The minimum absolute atomic E-state index is 0.0201. The SMILES string of the molecule is COCCCNC(=O)c1cccc(NCC(=O)N(C)Cc2ccccc2)c1. The van der Waals surface area contributed by atoms with Gasteiger partial charge in [-0.15, -0.1) is 0 Å². The Labute approximate surface area is 160 Å². The first-order valence-corrected chi connectivity index (χ1v) is 8.99. The summed E-state index contributed by atoms with van der Waals surface area (Å²) in [5.41, 5.74) is 2.38. The fourth-order valence-electron chi connectivity index (χ4n) is 2.55. The molecule has 0 aliphatic rings. The van der Waals surface area contributed by atoms with E-state index in [4.69, 9.17) is 4.74 Å². The summed E-state index contributed by atoms with van der Waals surface area (Å²) in [5.74, 6) is -0.157. The average molecular weight is 369 g/mol. The zero-order valence-electron chi connectivity index (χ0n) is 15.9. The lowest BCUT2D eigenvalue weighted by Crippen LogP contribution is -2.31. The summed E-state index contributed by atoms with van der Waals surface area (Å²) in [6.07, 6.45) is 0.766. The highest BCUT2D eigenvalue weighted by Gasteiger charge is 2.10. The number of anilines is 1. The molecule has 2 aromatic rings. The summed E-state index contributed by atoms with van der Waals surface area (Å²) < 4.78 is 4.96. The van der Waals surface area contributed by atoms with Crippen molar-refractivity contribution in [1.82, 2.24) is 10.2 Å². The van der Waals surface area contributed by atoms with Gasteiger partial charge in [0.05, 0.1) is 6.54 Å². The molecule has 0 bridgehead atoms. The number of hydrogen-bond donors (Lipinski definition) is 2. The van der Waals surface area contributed by atoms with E-state index in [0.717, 1.165) is 17.7 Å².